The first kappa shape index (κ1) is 13.6. The summed E-state index contributed by atoms with van der Waals surface area (Å²) >= 11 is 12.2. The van der Waals surface area contributed by atoms with Gasteiger partial charge in [-0.2, -0.15) is 0 Å². The van der Waals surface area contributed by atoms with Crippen LogP contribution in [0, 0.1) is 0 Å². The zero-order valence-electron chi connectivity index (χ0n) is 11.0. The van der Waals surface area contributed by atoms with Gasteiger partial charge in [-0.15, -0.1) is 0 Å². The fourth-order valence-electron chi connectivity index (χ4n) is 2.56. The largest absolute Gasteiger partial charge is 0.385 e. The number of rotatable bonds is 3. The van der Waals surface area contributed by atoms with E-state index in [0.29, 0.717) is 10.0 Å². The Hall–Kier alpha value is -1.38. The third-order valence-electron chi connectivity index (χ3n) is 3.58. The van der Waals surface area contributed by atoms with Gasteiger partial charge in [0, 0.05) is 18.8 Å². The fraction of sp³-hybridized carbons (Fsp3) is 0.250. The SMILES string of the molecule is Clc1cccc(NCc2cccc3c2NCCC3)c1Cl. The zero-order valence-corrected chi connectivity index (χ0v) is 12.6. The smallest absolute Gasteiger partial charge is 0.0823 e. The Labute approximate surface area is 129 Å². The minimum atomic E-state index is 0.574. The Balaban J connectivity index is 1.80. The predicted molar refractivity (Wildman–Crippen MR) is 87.0 cm³/mol. The number of anilines is 2. The van der Waals surface area contributed by atoms with Gasteiger partial charge in [-0.3, -0.25) is 0 Å². The van der Waals surface area contributed by atoms with Crippen molar-refractivity contribution in [1.29, 1.82) is 0 Å². The molecule has 2 N–H and O–H groups in total. The minimum absolute atomic E-state index is 0.574. The van der Waals surface area contributed by atoms with Crippen molar-refractivity contribution in [2.45, 2.75) is 19.4 Å². The van der Waals surface area contributed by atoms with Crippen molar-refractivity contribution in [2.24, 2.45) is 0 Å². The first-order valence-electron chi connectivity index (χ1n) is 6.78. The highest BCUT2D eigenvalue weighted by Crippen LogP contribution is 2.31. The summed E-state index contributed by atoms with van der Waals surface area (Å²) in [6, 6.07) is 12.1. The van der Waals surface area contributed by atoms with Crippen molar-refractivity contribution >= 4 is 34.6 Å². The highest BCUT2D eigenvalue weighted by atomic mass is 35.5. The predicted octanol–water partition coefficient (Wildman–Crippen LogP) is 4.96. The minimum Gasteiger partial charge on any atom is -0.385 e. The Kier molecular flexibility index (Phi) is 4.04. The molecule has 0 bridgehead atoms. The van der Waals surface area contributed by atoms with Gasteiger partial charge in [0.25, 0.3) is 0 Å². The molecule has 20 heavy (non-hydrogen) atoms. The summed E-state index contributed by atoms with van der Waals surface area (Å²) in [5.41, 5.74) is 4.79. The van der Waals surface area contributed by atoms with Gasteiger partial charge in [0.15, 0.2) is 0 Å². The fourth-order valence-corrected chi connectivity index (χ4v) is 2.93. The van der Waals surface area contributed by atoms with Crippen LogP contribution in [-0.4, -0.2) is 6.54 Å². The average Bonchev–Trinajstić information content (AvgIpc) is 2.49. The summed E-state index contributed by atoms with van der Waals surface area (Å²) in [6.45, 7) is 1.78. The quantitative estimate of drug-likeness (QED) is 0.837. The van der Waals surface area contributed by atoms with Gasteiger partial charge in [-0.1, -0.05) is 47.5 Å². The molecule has 2 aromatic carbocycles. The van der Waals surface area contributed by atoms with Crippen molar-refractivity contribution in [3.63, 3.8) is 0 Å². The van der Waals surface area contributed by atoms with Crippen molar-refractivity contribution in [3.8, 4) is 0 Å². The van der Waals surface area contributed by atoms with E-state index in [1.165, 1.54) is 23.2 Å². The standard InChI is InChI=1S/C16H16Cl2N2/c17-13-7-2-8-14(15(13)18)20-10-12-5-1-4-11-6-3-9-19-16(11)12/h1-2,4-5,7-8,19-20H,3,6,9-10H2. The van der Waals surface area contributed by atoms with E-state index >= 15 is 0 Å². The van der Waals surface area contributed by atoms with Gasteiger partial charge in [0.2, 0.25) is 0 Å². The Morgan fingerprint density at radius 3 is 2.85 bits per heavy atom. The topological polar surface area (TPSA) is 24.1 Å². The number of hydrogen-bond acceptors (Lipinski definition) is 2. The highest BCUT2D eigenvalue weighted by molar-refractivity contribution is 6.43. The third-order valence-corrected chi connectivity index (χ3v) is 4.40. The van der Waals surface area contributed by atoms with Crippen LogP contribution in [0.2, 0.25) is 10.0 Å². The zero-order chi connectivity index (χ0) is 13.9. The lowest BCUT2D eigenvalue weighted by atomic mass is 9.99. The summed E-state index contributed by atoms with van der Waals surface area (Å²) in [5, 5.41) is 8.01. The number of para-hydroxylation sites is 1. The summed E-state index contributed by atoms with van der Waals surface area (Å²) in [7, 11) is 0. The van der Waals surface area contributed by atoms with Crippen molar-refractivity contribution < 1.29 is 0 Å². The van der Waals surface area contributed by atoms with Crippen LogP contribution in [0.3, 0.4) is 0 Å². The van der Waals surface area contributed by atoms with E-state index < -0.39 is 0 Å². The second-order valence-corrected chi connectivity index (χ2v) is 5.72. The molecule has 0 saturated carbocycles. The number of hydrogen-bond donors (Lipinski definition) is 2. The number of aryl methyl sites for hydroxylation is 1. The van der Waals surface area contributed by atoms with Crippen LogP contribution in [0.25, 0.3) is 0 Å². The lowest BCUT2D eigenvalue weighted by molar-refractivity contribution is 0.825. The van der Waals surface area contributed by atoms with Crippen molar-refractivity contribution in [3.05, 3.63) is 57.6 Å². The van der Waals surface area contributed by atoms with Gasteiger partial charge in [-0.25, -0.2) is 0 Å². The average molecular weight is 307 g/mol. The molecule has 0 amide bonds. The Morgan fingerprint density at radius 2 is 1.95 bits per heavy atom. The second-order valence-electron chi connectivity index (χ2n) is 4.94. The number of fused-ring (bicyclic) bond motifs is 1. The molecule has 1 heterocycles. The molecule has 0 saturated heterocycles. The molecule has 1 aliphatic rings. The number of nitrogens with one attached hydrogen (secondary N) is 2. The van der Waals surface area contributed by atoms with Crippen molar-refractivity contribution in [1.82, 2.24) is 0 Å². The van der Waals surface area contributed by atoms with Crippen LogP contribution < -0.4 is 10.6 Å². The maximum Gasteiger partial charge on any atom is 0.0823 e. The monoisotopic (exact) mass is 306 g/mol. The Morgan fingerprint density at radius 1 is 1.10 bits per heavy atom. The van der Waals surface area contributed by atoms with E-state index in [0.717, 1.165) is 25.2 Å². The van der Waals surface area contributed by atoms with E-state index in [-0.39, 0.29) is 0 Å². The second kappa shape index (κ2) is 5.94. The van der Waals surface area contributed by atoms with Gasteiger partial charge < -0.3 is 10.6 Å². The molecule has 0 aliphatic carbocycles. The number of benzene rings is 2. The molecule has 0 fully saturated rings. The molecule has 2 nitrogen and oxygen atoms in total. The molecule has 0 spiro atoms. The van der Waals surface area contributed by atoms with Gasteiger partial charge in [0.05, 0.1) is 15.7 Å². The lowest BCUT2D eigenvalue weighted by Crippen LogP contribution is -2.15. The summed E-state index contributed by atoms with van der Waals surface area (Å²) in [5.74, 6) is 0. The van der Waals surface area contributed by atoms with E-state index in [1.54, 1.807) is 6.07 Å². The molecular weight excluding hydrogens is 291 g/mol. The van der Waals surface area contributed by atoms with Crippen LogP contribution in [0.5, 0.6) is 0 Å². The van der Waals surface area contributed by atoms with Gasteiger partial charge in [0.1, 0.15) is 0 Å². The van der Waals surface area contributed by atoms with E-state index in [9.17, 15) is 0 Å². The normalized spacial score (nSPS) is 13.5. The molecular formula is C16H16Cl2N2. The molecule has 104 valence electrons. The molecule has 0 radical (unpaired) electrons. The van der Waals surface area contributed by atoms with Gasteiger partial charge >= 0.3 is 0 Å². The maximum absolute atomic E-state index is 6.19. The molecule has 0 unspecified atom stereocenters. The molecule has 4 heteroatoms. The lowest BCUT2D eigenvalue weighted by Gasteiger charge is -2.21. The summed E-state index contributed by atoms with van der Waals surface area (Å²) in [6.07, 6.45) is 2.35. The van der Waals surface area contributed by atoms with Crippen LogP contribution in [0.4, 0.5) is 11.4 Å². The van der Waals surface area contributed by atoms with Gasteiger partial charge in [-0.05, 0) is 36.1 Å². The van der Waals surface area contributed by atoms with Crippen LogP contribution in [0.1, 0.15) is 17.5 Å². The summed E-state index contributed by atoms with van der Waals surface area (Å²) in [4.78, 5) is 0. The van der Waals surface area contributed by atoms with E-state index in [1.807, 2.05) is 12.1 Å². The third kappa shape index (κ3) is 2.72. The first-order valence-corrected chi connectivity index (χ1v) is 7.54. The Bertz CT molecular complexity index is 626. The molecule has 1 aliphatic heterocycles. The number of halogens is 2. The van der Waals surface area contributed by atoms with E-state index in [2.05, 4.69) is 28.8 Å². The molecule has 3 rings (SSSR count). The highest BCUT2D eigenvalue weighted by Gasteiger charge is 2.12. The van der Waals surface area contributed by atoms with Crippen LogP contribution in [-0.2, 0) is 13.0 Å². The van der Waals surface area contributed by atoms with Crippen LogP contribution >= 0.6 is 23.2 Å². The van der Waals surface area contributed by atoms with Crippen molar-refractivity contribution in [2.75, 3.05) is 17.2 Å². The maximum atomic E-state index is 6.19. The molecule has 0 aromatic heterocycles. The van der Waals surface area contributed by atoms with E-state index in [4.69, 9.17) is 23.2 Å². The molecule has 0 atom stereocenters. The van der Waals surface area contributed by atoms with Crippen LogP contribution in [0.15, 0.2) is 36.4 Å². The first-order chi connectivity index (χ1) is 9.75. The summed E-state index contributed by atoms with van der Waals surface area (Å²) < 4.78 is 0. The molecule has 2 aromatic rings.